The Labute approximate surface area is 136 Å². The predicted octanol–water partition coefficient (Wildman–Crippen LogP) is 2.66. The number of hydrogen-bond donors (Lipinski definition) is 2. The lowest BCUT2D eigenvalue weighted by molar-refractivity contribution is 0.102. The molecule has 0 saturated carbocycles. The summed E-state index contributed by atoms with van der Waals surface area (Å²) >= 11 is 1.40. The van der Waals surface area contributed by atoms with E-state index in [1.165, 1.54) is 11.3 Å². The van der Waals surface area contributed by atoms with Gasteiger partial charge < -0.3 is 9.55 Å². The summed E-state index contributed by atoms with van der Waals surface area (Å²) < 4.78 is 2.10. The molecule has 3 aromatic rings. The number of aromatic nitrogens is 5. The Morgan fingerprint density at radius 1 is 1.52 bits per heavy atom. The third-order valence-electron chi connectivity index (χ3n) is 4.06. The maximum Gasteiger partial charge on any atom is 0.259 e. The van der Waals surface area contributed by atoms with Crippen LogP contribution < -0.4 is 5.32 Å². The number of imidazole rings is 1. The number of rotatable bonds is 3. The molecular formula is C15H16N6OS. The minimum atomic E-state index is -0.189. The number of carbonyl (C=O) groups is 1. The summed E-state index contributed by atoms with van der Waals surface area (Å²) in [5, 5.41) is 12.3. The fourth-order valence-corrected chi connectivity index (χ4v) is 3.60. The van der Waals surface area contributed by atoms with Crippen LogP contribution in [0.15, 0.2) is 18.6 Å². The highest BCUT2D eigenvalue weighted by molar-refractivity contribution is 7.15. The summed E-state index contributed by atoms with van der Waals surface area (Å²) in [4.78, 5) is 20.3. The summed E-state index contributed by atoms with van der Waals surface area (Å²) in [7, 11) is 0. The standard InChI is InChI=1S/C15H16N6OS/c1-3-11-19-20-15(23-11)18-14(22)9-7-17-10-6-8(2)21-5-4-16-13(21)12(9)10/h4-5,7-8,17H,3,6H2,1-2H3,(H,18,20,22)/t8-/m1/s1. The number of carbonyl (C=O) groups excluding carboxylic acids is 1. The van der Waals surface area contributed by atoms with E-state index in [9.17, 15) is 4.79 Å². The number of aryl methyl sites for hydroxylation is 1. The lowest BCUT2D eigenvalue weighted by atomic mass is 10.0. The summed E-state index contributed by atoms with van der Waals surface area (Å²) in [6.07, 6.45) is 7.13. The Kier molecular flexibility index (Phi) is 3.26. The zero-order chi connectivity index (χ0) is 16.0. The minimum Gasteiger partial charge on any atom is -0.364 e. The Morgan fingerprint density at radius 2 is 2.39 bits per heavy atom. The highest BCUT2D eigenvalue weighted by atomic mass is 32.1. The van der Waals surface area contributed by atoms with Crippen LogP contribution in [0.4, 0.5) is 5.13 Å². The quantitative estimate of drug-likeness (QED) is 0.773. The van der Waals surface area contributed by atoms with Crippen molar-refractivity contribution in [3.8, 4) is 11.4 Å². The summed E-state index contributed by atoms with van der Waals surface area (Å²) in [5.41, 5.74) is 2.52. The van der Waals surface area contributed by atoms with Gasteiger partial charge in [0, 0.05) is 36.7 Å². The van der Waals surface area contributed by atoms with Gasteiger partial charge in [-0.15, -0.1) is 10.2 Å². The zero-order valence-electron chi connectivity index (χ0n) is 12.8. The summed E-state index contributed by atoms with van der Waals surface area (Å²) in [6.45, 7) is 4.15. The molecule has 0 unspecified atom stereocenters. The number of nitrogens with zero attached hydrogens (tertiary/aromatic N) is 4. The number of nitrogens with one attached hydrogen (secondary N) is 2. The number of anilines is 1. The van der Waals surface area contributed by atoms with Crippen molar-refractivity contribution in [3.63, 3.8) is 0 Å². The third kappa shape index (κ3) is 2.26. The van der Waals surface area contributed by atoms with E-state index in [1.54, 1.807) is 12.4 Å². The maximum absolute atomic E-state index is 12.6. The summed E-state index contributed by atoms with van der Waals surface area (Å²) in [6, 6.07) is 0.324. The molecule has 7 nitrogen and oxygen atoms in total. The molecule has 1 amide bonds. The van der Waals surface area contributed by atoms with Gasteiger partial charge in [0.2, 0.25) is 5.13 Å². The lowest BCUT2D eigenvalue weighted by Crippen LogP contribution is -2.18. The average Bonchev–Trinajstić information content (AvgIpc) is 3.25. The van der Waals surface area contributed by atoms with Crippen molar-refractivity contribution in [1.82, 2.24) is 24.7 Å². The fraction of sp³-hybridized carbons (Fsp3) is 0.333. The van der Waals surface area contributed by atoms with E-state index >= 15 is 0 Å². The Hall–Kier alpha value is -2.48. The molecule has 23 heavy (non-hydrogen) atoms. The van der Waals surface area contributed by atoms with E-state index in [1.807, 2.05) is 13.1 Å². The van der Waals surface area contributed by atoms with Crippen molar-refractivity contribution >= 4 is 22.4 Å². The zero-order valence-corrected chi connectivity index (χ0v) is 13.6. The first-order valence-electron chi connectivity index (χ1n) is 7.54. The van der Waals surface area contributed by atoms with Crippen molar-refractivity contribution in [2.75, 3.05) is 5.32 Å². The van der Waals surface area contributed by atoms with Gasteiger partial charge in [-0.05, 0) is 13.3 Å². The largest absolute Gasteiger partial charge is 0.364 e. The molecule has 0 aromatic carbocycles. The Balaban J connectivity index is 1.68. The Morgan fingerprint density at radius 3 is 3.17 bits per heavy atom. The number of H-pyrrole nitrogens is 1. The molecule has 118 valence electrons. The number of fused-ring (bicyclic) bond motifs is 3. The molecule has 3 aromatic heterocycles. The first-order valence-corrected chi connectivity index (χ1v) is 8.36. The highest BCUT2D eigenvalue weighted by Gasteiger charge is 2.28. The molecule has 0 aliphatic carbocycles. The molecule has 4 rings (SSSR count). The van der Waals surface area contributed by atoms with E-state index in [0.29, 0.717) is 16.7 Å². The molecule has 1 atom stereocenters. The molecule has 1 aliphatic heterocycles. The molecule has 4 heterocycles. The molecule has 0 bridgehead atoms. The average molecular weight is 328 g/mol. The molecule has 0 spiro atoms. The van der Waals surface area contributed by atoms with Gasteiger partial charge >= 0.3 is 0 Å². The fourth-order valence-electron chi connectivity index (χ4n) is 2.93. The van der Waals surface area contributed by atoms with Gasteiger partial charge in [0.25, 0.3) is 5.91 Å². The van der Waals surface area contributed by atoms with E-state index in [0.717, 1.165) is 34.9 Å². The number of hydrogen-bond acceptors (Lipinski definition) is 5. The second-order valence-corrected chi connectivity index (χ2v) is 6.64. The van der Waals surface area contributed by atoms with Crippen LogP contribution in [0.3, 0.4) is 0 Å². The van der Waals surface area contributed by atoms with E-state index < -0.39 is 0 Å². The van der Waals surface area contributed by atoms with Crippen LogP contribution in [0, 0.1) is 0 Å². The van der Waals surface area contributed by atoms with Crippen LogP contribution in [-0.4, -0.2) is 30.6 Å². The topological polar surface area (TPSA) is 88.5 Å². The van der Waals surface area contributed by atoms with Crippen LogP contribution >= 0.6 is 11.3 Å². The van der Waals surface area contributed by atoms with Crippen LogP contribution in [-0.2, 0) is 12.8 Å². The van der Waals surface area contributed by atoms with Crippen LogP contribution in [0.1, 0.15) is 40.9 Å². The number of amides is 1. The van der Waals surface area contributed by atoms with Gasteiger partial charge in [-0.3, -0.25) is 10.1 Å². The van der Waals surface area contributed by atoms with Crippen molar-refractivity contribution in [2.24, 2.45) is 0 Å². The predicted molar refractivity (Wildman–Crippen MR) is 87.7 cm³/mol. The SMILES string of the molecule is CCc1nnc(NC(=O)c2c[nH]c3c2-c2nccn2[C@H](C)C3)s1. The molecule has 0 radical (unpaired) electrons. The summed E-state index contributed by atoms with van der Waals surface area (Å²) in [5.74, 6) is 0.641. The van der Waals surface area contributed by atoms with Gasteiger partial charge in [-0.25, -0.2) is 4.98 Å². The normalized spacial score (nSPS) is 16.0. The molecule has 8 heteroatoms. The molecule has 1 aliphatic rings. The van der Waals surface area contributed by atoms with E-state index in [2.05, 4.69) is 37.0 Å². The number of aromatic amines is 1. The molecule has 2 N–H and O–H groups in total. The Bertz CT molecular complexity index is 876. The van der Waals surface area contributed by atoms with Crippen molar-refractivity contribution in [1.29, 1.82) is 0 Å². The van der Waals surface area contributed by atoms with E-state index in [4.69, 9.17) is 0 Å². The first-order chi connectivity index (χ1) is 11.2. The van der Waals surface area contributed by atoms with Crippen molar-refractivity contribution < 1.29 is 4.79 Å². The van der Waals surface area contributed by atoms with Crippen LogP contribution in [0.5, 0.6) is 0 Å². The van der Waals surface area contributed by atoms with Crippen molar-refractivity contribution in [2.45, 2.75) is 32.7 Å². The highest BCUT2D eigenvalue weighted by Crippen LogP contribution is 2.35. The van der Waals surface area contributed by atoms with Crippen LogP contribution in [0.2, 0.25) is 0 Å². The van der Waals surface area contributed by atoms with Gasteiger partial charge in [0.05, 0.1) is 11.1 Å². The van der Waals surface area contributed by atoms with Gasteiger partial charge in [-0.2, -0.15) is 0 Å². The third-order valence-corrected chi connectivity index (χ3v) is 5.05. The van der Waals surface area contributed by atoms with Gasteiger partial charge in [0.1, 0.15) is 10.8 Å². The smallest absolute Gasteiger partial charge is 0.259 e. The second-order valence-electron chi connectivity index (χ2n) is 5.58. The monoisotopic (exact) mass is 328 g/mol. The second kappa shape index (κ2) is 5.31. The molecule has 0 saturated heterocycles. The maximum atomic E-state index is 12.6. The molecular weight excluding hydrogens is 312 g/mol. The first kappa shape index (κ1) is 14.1. The van der Waals surface area contributed by atoms with Gasteiger partial charge in [0.15, 0.2) is 0 Å². The molecule has 0 fully saturated rings. The van der Waals surface area contributed by atoms with Gasteiger partial charge in [-0.1, -0.05) is 18.3 Å². The van der Waals surface area contributed by atoms with Crippen molar-refractivity contribution in [3.05, 3.63) is 34.9 Å². The van der Waals surface area contributed by atoms with E-state index in [-0.39, 0.29) is 5.91 Å². The minimum absolute atomic E-state index is 0.189. The van der Waals surface area contributed by atoms with Crippen LogP contribution in [0.25, 0.3) is 11.4 Å². The lowest BCUT2D eigenvalue weighted by Gasteiger charge is -2.22.